The number of aromatic nitrogens is 2. The number of halogens is 2. The molecule has 2 aromatic heterocycles. The molecule has 1 amide bonds. The van der Waals surface area contributed by atoms with Gasteiger partial charge in [-0.2, -0.15) is 0 Å². The summed E-state index contributed by atoms with van der Waals surface area (Å²) in [5.74, 6) is 0.335. The van der Waals surface area contributed by atoms with Crippen LogP contribution in [0.3, 0.4) is 0 Å². The standard InChI is InChI=1S/C17H12Cl2N4O/c18-12-3-5-14(19)15(8-12)23-16-6-4-13(10-21-16)22-17(24)11-2-1-7-20-9-11/h1-10H,(H,21,23)(H,22,24). The average molecular weight is 359 g/mol. The quantitative estimate of drug-likeness (QED) is 0.704. The summed E-state index contributed by atoms with van der Waals surface area (Å²) in [6.45, 7) is 0. The number of nitrogens with one attached hydrogen (secondary N) is 2. The Morgan fingerprint density at radius 3 is 2.62 bits per heavy atom. The predicted octanol–water partition coefficient (Wildman–Crippen LogP) is 4.78. The van der Waals surface area contributed by atoms with E-state index < -0.39 is 0 Å². The summed E-state index contributed by atoms with van der Waals surface area (Å²) in [5, 5.41) is 6.94. The summed E-state index contributed by atoms with van der Waals surface area (Å²) < 4.78 is 0. The van der Waals surface area contributed by atoms with Crippen molar-refractivity contribution in [2.75, 3.05) is 10.6 Å². The summed E-state index contributed by atoms with van der Waals surface area (Å²) in [7, 11) is 0. The van der Waals surface area contributed by atoms with Gasteiger partial charge in [-0.05, 0) is 42.5 Å². The van der Waals surface area contributed by atoms with Gasteiger partial charge in [-0.1, -0.05) is 23.2 Å². The first-order valence-electron chi connectivity index (χ1n) is 7.01. The van der Waals surface area contributed by atoms with Crippen LogP contribution >= 0.6 is 23.2 Å². The Hall–Kier alpha value is -2.63. The number of carbonyl (C=O) groups is 1. The van der Waals surface area contributed by atoms with E-state index in [0.29, 0.717) is 32.8 Å². The molecule has 1 aromatic carbocycles. The molecule has 3 rings (SSSR count). The fourth-order valence-electron chi connectivity index (χ4n) is 1.97. The topological polar surface area (TPSA) is 66.9 Å². The van der Waals surface area contributed by atoms with Crippen LogP contribution in [-0.4, -0.2) is 15.9 Å². The molecule has 0 aliphatic carbocycles. The van der Waals surface area contributed by atoms with Crippen LogP contribution < -0.4 is 10.6 Å². The van der Waals surface area contributed by atoms with E-state index >= 15 is 0 Å². The summed E-state index contributed by atoms with van der Waals surface area (Å²) in [5.41, 5.74) is 1.71. The number of pyridine rings is 2. The first kappa shape index (κ1) is 16.2. The van der Waals surface area contributed by atoms with Gasteiger partial charge in [0, 0.05) is 17.4 Å². The Kier molecular flexibility index (Phi) is 4.93. The van der Waals surface area contributed by atoms with Crippen molar-refractivity contribution in [1.82, 2.24) is 9.97 Å². The minimum absolute atomic E-state index is 0.247. The van der Waals surface area contributed by atoms with Gasteiger partial charge < -0.3 is 10.6 Å². The molecular weight excluding hydrogens is 347 g/mol. The van der Waals surface area contributed by atoms with Gasteiger partial charge in [-0.25, -0.2) is 4.98 Å². The van der Waals surface area contributed by atoms with Crippen LogP contribution in [0.4, 0.5) is 17.2 Å². The second-order valence-corrected chi connectivity index (χ2v) is 5.72. The molecule has 2 heterocycles. The Morgan fingerprint density at radius 2 is 1.92 bits per heavy atom. The molecule has 24 heavy (non-hydrogen) atoms. The van der Waals surface area contributed by atoms with Crippen molar-refractivity contribution < 1.29 is 4.79 Å². The molecule has 0 saturated heterocycles. The third-order valence-corrected chi connectivity index (χ3v) is 3.70. The number of nitrogens with zero attached hydrogens (tertiary/aromatic N) is 2. The van der Waals surface area contributed by atoms with Gasteiger partial charge in [0.2, 0.25) is 0 Å². The number of amides is 1. The van der Waals surface area contributed by atoms with Crippen molar-refractivity contribution >= 4 is 46.3 Å². The van der Waals surface area contributed by atoms with Crippen molar-refractivity contribution in [2.24, 2.45) is 0 Å². The lowest BCUT2D eigenvalue weighted by Gasteiger charge is -2.09. The average Bonchev–Trinajstić information content (AvgIpc) is 2.60. The van der Waals surface area contributed by atoms with Gasteiger partial charge in [-0.3, -0.25) is 9.78 Å². The van der Waals surface area contributed by atoms with E-state index in [1.807, 2.05) is 0 Å². The van der Waals surface area contributed by atoms with Crippen LogP contribution in [-0.2, 0) is 0 Å². The lowest BCUT2D eigenvalue weighted by atomic mass is 10.2. The highest BCUT2D eigenvalue weighted by atomic mass is 35.5. The molecular formula is C17H12Cl2N4O. The monoisotopic (exact) mass is 358 g/mol. The summed E-state index contributed by atoms with van der Waals surface area (Å²) in [4.78, 5) is 20.2. The highest BCUT2D eigenvalue weighted by Gasteiger charge is 2.07. The van der Waals surface area contributed by atoms with Gasteiger partial charge in [-0.15, -0.1) is 0 Å². The lowest BCUT2D eigenvalue weighted by Crippen LogP contribution is -2.12. The number of anilines is 3. The Morgan fingerprint density at radius 1 is 1.04 bits per heavy atom. The minimum atomic E-state index is -0.247. The zero-order valence-electron chi connectivity index (χ0n) is 12.3. The number of hydrogen-bond donors (Lipinski definition) is 2. The molecule has 120 valence electrons. The van der Waals surface area contributed by atoms with E-state index in [4.69, 9.17) is 23.2 Å². The molecule has 3 aromatic rings. The predicted molar refractivity (Wildman–Crippen MR) is 96.2 cm³/mol. The van der Waals surface area contributed by atoms with Gasteiger partial charge in [0.05, 0.1) is 28.2 Å². The van der Waals surface area contributed by atoms with Gasteiger partial charge in [0.15, 0.2) is 0 Å². The Balaban J connectivity index is 1.69. The van der Waals surface area contributed by atoms with Gasteiger partial charge >= 0.3 is 0 Å². The van der Waals surface area contributed by atoms with E-state index in [0.717, 1.165) is 0 Å². The van der Waals surface area contributed by atoms with Crippen molar-refractivity contribution in [3.05, 3.63) is 76.7 Å². The Labute approximate surface area is 148 Å². The van der Waals surface area contributed by atoms with E-state index in [1.165, 1.54) is 6.20 Å². The molecule has 7 heteroatoms. The molecule has 0 radical (unpaired) electrons. The molecule has 5 nitrogen and oxygen atoms in total. The lowest BCUT2D eigenvalue weighted by molar-refractivity contribution is 0.102. The largest absolute Gasteiger partial charge is 0.339 e. The van der Waals surface area contributed by atoms with Crippen LogP contribution in [0.25, 0.3) is 0 Å². The molecule has 0 bridgehead atoms. The molecule has 0 unspecified atom stereocenters. The minimum Gasteiger partial charge on any atom is -0.339 e. The van der Waals surface area contributed by atoms with Crippen molar-refractivity contribution in [3.8, 4) is 0 Å². The molecule has 0 spiro atoms. The van der Waals surface area contributed by atoms with Crippen LogP contribution in [0.5, 0.6) is 0 Å². The summed E-state index contributed by atoms with van der Waals surface area (Å²) >= 11 is 12.1. The first-order chi connectivity index (χ1) is 11.6. The van der Waals surface area contributed by atoms with Gasteiger partial charge in [0.1, 0.15) is 5.82 Å². The van der Waals surface area contributed by atoms with E-state index in [2.05, 4.69) is 20.6 Å². The highest BCUT2D eigenvalue weighted by Crippen LogP contribution is 2.28. The maximum Gasteiger partial charge on any atom is 0.257 e. The third-order valence-electron chi connectivity index (χ3n) is 3.14. The van der Waals surface area contributed by atoms with E-state index in [9.17, 15) is 4.79 Å². The molecule has 2 N–H and O–H groups in total. The number of carbonyl (C=O) groups excluding carboxylic acids is 1. The second kappa shape index (κ2) is 7.29. The van der Waals surface area contributed by atoms with Gasteiger partial charge in [0.25, 0.3) is 5.91 Å². The maximum atomic E-state index is 12.0. The molecule has 0 saturated carbocycles. The van der Waals surface area contributed by atoms with Crippen molar-refractivity contribution in [3.63, 3.8) is 0 Å². The molecule has 0 aliphatic rings. The van der Waals surface area contributed by atoms with Crippen LogP contribution in [0.15, 0.2) is 61.1 Å². The van der Waals surface area contributed by atoms with E-state index in [-0.39, 0.29) is 5.91 Å². The molecule has 0 atom stereocenters. The van der Waals surface area contributed by atoms with Crippen molar-refractivity contribution in [1.29, 1.82) is 0 Å². The van der Waals surface area contributed by atoms with Crippen molar-refractivity contribution in [2.45, 2.75) is 0 Å². The molecule has 0 fully saturated rings. The highest BCUT2D eigenvalue weighted by molar-refractivity contribution is 6.35. The number of hydrogen-bond acceptors (Lipinski definition) is 4. The fourth-order valence-corrected chi connectivity index (χ4v) is 2.31. The SMILES string of the molecule is O=C(Nc1ccc(Nc2cc(Cl)ccc2Cl)nc1)c1cccnc1. The second-order valence-electron chi connectivity index (χ2n) is 4.88. The maximum absolute atomic E-state index is 12.0. The number of rotatable bonds is 4. The van der Waals surface area contributed by atoms with E-state index in [1.54, 1.807) is 54.9 Å². The number of benzene rings is 1. The molecule has 0 aliphatic heterocycles. The third kappa shape index (κ3) is 4.01. The zero-order chi connectivity index (χ0) is 16.9. The normalized spacial score (nSPS) is 10.2. The fraction of sp³-hybridized carbons (Fsp3) is 0. The van der Waals surface area contributed by atoms with Crippen LogP contribution in [0.2, 0.25) is 10.0 Å². The smallest absolute Gasteiger partial charge is 0.257 e. The summed E-state index contributed by atoms with van der Waals surface area (Å²) in [6.07, 6.45) is 4.66. The van der Waals surface area contributed by atoms with Crippen LogP contribution in [0, 0.1) is 0 Å². The Bertz CT molecular complexity index is 854. The zero-order valence-corrected chi connectivity index (χ0v) is 13.8. The first-order valence-corrected chi connectivity index (χ1v) is 7.77. The summed E-state index contributed by atoms with van der Waals surface area (Å²) in [6, 6.07) is 12.0. The van der Waals surface area contributed by atoms with Crippen LogP contribution in [0.1, 0.15) is 10.4 Å².